The van der Waals surface area contributed by atoms with E-state index in [1.54, 1.807) is 0 Å². The van der Waals surface area contributed by atoms with Crippen LogP contribution in [-0.2, 0) is 9.53 Å². The van der Waals surface area contributed by atoms with Gasteiger partial charge in [-0.25, -0.2) is 4.79 Å². The van der Waals surface area contributed by atoms with Crippen LogP contribution in [0.25, 0.3) is 0 Å². The predicted molar refractivity (Wildman–Crippen MR) is 139 cm³/mol. The van der Waals surface area contributed by atoms with Gasteiger partial charge in [0.1, 0.15) is 0 Å². The van der Waals surface area contributed by atoms with E-state index < -0.39 is 12.1 Å². The molecule has 0 aromatic carbocycles. The number of ether oxygens (including phenoxy) is 1. The normalized spacial score (nSPS) is 12.8. The van der Waals surface area contributed by atoms with Crippen molar-refractivity contribution in [2.45, 2.75) is 148 Å². The van der Waals surface area contributed by atoms with Crippen LogP contribution >= 0.6 is 0 Å². The van der Waals surface area contributed by atoms with Gasteiger partial charge >= 0.3 is 5.97 Å². The van der Waals surface area contributed by atoms with Crippen LogP contribution in [0.2, 0.25) is 0 Å². The van der Waals surface area contributed by atoms with Crippen molar-refractivity contribution >= 4 is 5.97 Å². The van der Waals surface area contributed by atoms with Gasteiger partial charge in [-0.2, -0.15) is 0 Å². The number of rotatable bonds is 25. The third kappa shape index (κ3) is 23.6. The van der Waals surface area contributed by atoms with Crippen molar-refractivity contribution in [2.75, 3.05) is 7.11 Å². The van der Waals surface area contributed by atoms with E-state index in [4.69, 9.17) is 9.84 Å². The number of aliphatic carboxylic acids is 1. The lowest BCUT2D eigenvalue weighted by atomic mass is 10.0. The highest BCUT2D eigenvalue weighted by atomic mass is 16.5. The summed E-state index contributed by atoms with van der Waals surface area (Å²) in [5.41, 5.74) is 0. The van der Waals surface area contributed by atoms with Gasteiger partial charge in [-0.3, -0.25) is 0 Å². The second kappa shape index (κ2) is 26.2. The number of allylic oxidation sites excluding steroid dienone is 4. The monoisotopic (exact) mass is 450 g/mol. The molecule has 1 N–H and O–H groups in total. The Bertz CT molecular complexity index is 442. The first-order valence-corrected chi connectivity index (χ1v) is 13.8. The lowest BCUT2D eigenvalue weighted by molar-refractivity contribution is -0.148. The van der Waals surface area contributed by atoms with Gasteiger partial charge in [0.15, 0.2) is 6.10 Å². The second-order valence-corrected chi connectivity index (χ2v) is 9.25. The summed E-state index contributed by atoms with van der Waals surface area (Å²) in [7, 11) is 1.47. The maximum absolute atomic E-state index is 10.9. The molecule has 3 heteroatoms. The molecule has 188 valence electrons. The van der Waals surface area contributed by atoms with Crippen LogP contribution in [0.1, 0.15) is 142 Å². The third-order valence-corrected chi connectivity index (χ3v) is 6.20. The highest BCUT2D eigenvalue weighted by Crippen LogP contribution is 2.13. The number of hydrogen-bond donors (Lipinski definition) is 1. The summed E-state index contributed by atoms with van der Waals surface area (Å²) in [4.78, 5) is 10.9. The molecule has 3 nitrogen and oxygen atoms in total. The molecule has 0 bridgehead atoms. The van der Waals surface area contributed by atoms with E-state index in [1.807, 2.05) is 0 Å². The SMILES string of the molecule is CCCCCCC=CCCCCCCCCCCCCC=CCCCCC(OC)C(=O)O. The number of carboxylic acid groups (broad SMARTS) is 1. The van der Waals surface area contributed by atoms with Crippen LogP contribution in [-0.4, -0.2) is 24.3 Å². The molecule has 0 saturated heterocycles. The fraction of sp³-hybridized carbons (Fsp3) is 0.828. The van der Waals surface area contributed by atoms with E-state index in [-0.39, 0.29) is 0 Å². The van der Waals surface area contributed by atoms with Gasteiger partial charge in [0.2, 0.25) is 0 Å². The number of carbonyl (C=O) groups is 1. The zero-order valence-electron chi connectivity index (χ0n) is 21.5. The van der Waals surface area contributed by atoms with E-state index >= 15 is 0 Å². The van der Waals surface area contributed by atoms with Gasteiger partial charge in [0.05, 0.1) is 0 Å². The molecule has 0 heterocycles. The van der Waals surface area contributed by atoms with Crippen molar-refractivity contribution in [3.05, 3.63) is 24.3 Å². The summed E-state index contributed by atoms with van der Waals surface area (Å²) in [5, 5.41) is 8.92. The first-order valence-electron chi connectivity index (χ1n) is 13.8. The van der Waals surface area contributed by atoms with Crippen molar-refractivity contribution in [2.24, 2.45) is 0 Å². The van der Waals surface area contributed by atoms with Crippen molar-refractivity contribution in [1.29, 1.82) is 0 Å². The zero-order chi connectivity index (χ0) is 23.5. The third-order valence-electron chi connectivity index (χ3n) is 6.20. The first-order chi connectivity index (χ1) is 15.7. The highest BCUT2D eigenvalue weighted by Gasteiger charge is 2.14. The van der Waals surface area contributed by atoms with Crippen molar-refractivity contribution in [3.63, 3.8) is 0 Å². The average molecular weight is 451 g/mol. The smallest absolute Gasteiger partial charge is 0.332 e. The Labute approximate surface area is 200 Å². The van der Waals surface area contributed by atoms with Crippen LogP contribution < -0.4 is 0 Å². The van der Waals surface area contributed by atoms with E-state index in [9.17, 15) is 4.79 Å². The minimum atomic E-state index is -0.852. The largest absolute Gasteiger partial charge is 0.479 e. The lowest BCUT2D eigenvalue weighted by Gasteiger charge is -2.08. The number of unbranched alkanes of at least 4 members (excludes halogenated alkanes) is 17. The van der Waals surface area contributed by atoms with Crippen LogP contribution in [0, 0.1) is 0 Å². The fourth-order valence-corrected chi connectivity index (χ4v) is 4.03. The molecule has 1 atom stereocenters. The molecule has 0 aromatic rings. The zero-order valence-corrected chi connectivity index (χ0v) is 21.5. The minimum Gasteiger partial charge on any atom is -0.479 e. The van der Waals surface area contributed by atoms with Crippen molar-refractivity contribution < 1.29 is 14.6 Å². The van der Waals surface area contributed by atoms with Crippen molar-refractivity contribution in [1.82, 2.24) is 0 Å². The van der Waals surface area contributed by atoms with Gasteiger partial charge in [-0.05, 0) is 64.2 Å². The maximum Gasteiger partial charge on any atom is 0.332 e. The Morgan fingerprint density at radius 2 is 0.969 bits per heavy atom. The fourth-order valence-electron chi connectivity index (χ4n) is 4.03. The van der Waals surface area contributed by atoms with Crippen LogP contribution in [0.5, 0.6) is 0 Å². The molecule has 0 fully saturated rings. The summed E-state index contributed by atoms with van der Waals surface area (Å²) in [6.07, 6.45) is 35.4. The molecule has 0 saturated carbocycles. The van der Waals surface area contributed by atoms with E-state index in [1.165, 1.54) is 116 Å². The van der Waals surface area contributed by atoms with Gasteiger partial charge in [-0.1, -0.05) is 102 Å². The van der Waals surface area contributed by atoms with E-state index in [0.717, 1.165) is 19.3 Å². The number of hydrogen-bond acceptors (Lipinski definition) is 2. The molecule has 0 aliphatic rings. The molecule has 1 unspecified atom stereocenters. The molecule has 0 aromatic heterocycles. The topological polar surface area (TPSA) is 46.5 Å². The van der Waals surface area contributed by atoms with E-state index in [2.05, 4.69) is 31.2 Å². The Morgan fingerprint density at radius 3 is 1.31 bits per heavy atom. The quantitative estimate of drug-likeness (QED) is 0.111. The Hall–Kier alpha value is -1.09. The van der Waals surface area contributed by atoms with Crippen molar-refractivity contribution in [3.8, 4) is 0 Å². The average Bonchev–Trinajstić information content (AvgIpc) is 2.79. The molecular weight excluding hydrogens is 396 g/mol. The van der Waals surface area contributed by atoms with Gasteiger partial charge in [-0.15, -0.1) is 0 Å². The molecule has 0 amide bonds. The summed E-state index contributed by atoms with van der Waals surface area (Å²) >= 11 is 0. The summed E-state index contributed by atoms with van der Waals surface area (Å²) in [6, 6.07) is 0. The Kier molecular flexibility index (Phi) is 25.3. The second-order valence-electron chi connectivity index (χ2n) is 9.25. The molecule has 0 radical (unpaired) electrons. The Morgan fingerprint density at radius 1 is 0.625 bits per heavy atom. The molecule has 0 rings (SSSR count). The summed E-state index contributed by atoms with van der Waals surface area (Å²) in [6.45, 7) is 2.27. The van der Waals surface area contributed by atoms with Crippen LogP contribution in [0.3, 0.4) is 0 Å². The predicted octanol–water partition coefficient (Wildman–Crippen LogP) is 9.41. The number of methoxy groups -OCH3 is 1. The van der Waals surface area contributed by atoms with Gasteiger partial charge in [0.25, 0.3) is 0 Å². The molecule has 0 spiro atoms. The molecule has 0 aliphatic heterocycles. The standard InChI is InChI=1S/C29H54O3/c1-3-4-5-6-7-8-9-10-11-12-13-14-15-16-17-18-19-20-21-22-23-24-25-26-27-28(32-2)29(30)31/h8-9,22-23,28H,3-7,10-21,24-27H2,1-2H3,(H,30,31). The first kappa shape index (κ1) is 30.9. The van der Waals surface area contributed by atoms with Gasteiger partial charge in [0, 0.05) is 7.11 Å². The summed E-state index contributed by atoms with van der Waals surface area (Å²) in [5.74, 6) is -0.852. The highest BCUT2D eigenvalue weighted by molar-refractivity contribution is 5.72. The van der Waals surface area contributed by atoms with Gasteiger partial charge < -0.3 is 9.84 Å². The van der Waals surface area contributed by atoms with E-state index in [0.29, 0.717) is 6.42 Å². The number of carboxylic acids is 1. The molecular formula is C29H54O3. The lowest BCUT2D eigenvalue weighted by Crippen LogP contribution is -2.21. The summed E-state index contributed by atoms with van der Waals surface area (Å²) < 4.78 is 4.94. The molecule has 32 heavy (non-hydrogen) atoms. The maximum atomic E-state index is 10.9. The Balaban J connectivity index is 3.21. The molecule has 0 aliphatic carbocycles. The van der Waals surface area contributed by atoms with Crippen LogP contribution in [0.4, 0.5) is 0 Å². The van der Waals surface area contributed by atoms with Crippen LogP contribution in [0.15, 0.2) is 24.3 Å². The minimum absolute atomic E-state index is 0.607.